The molecule has 0 aromatic carbocycles. The fourth-order valence-electron chi connectivity index (χ4n) is 0.510. The third kappa shape index (κ3) is 24.7. The zero-order valence-electron chi connectivity index (χ0n) is 7.61. The SMILES string of the molecule is C1CCOC1.[CH2-]C(C)C.[Cl-].[Mg+2]. The summed E-state index contributed by atoms with van der Waals surface area (Å²) < 4.78 is 4.94. The van der Waals surface area contributed by atoms with Crippen LogP contribution in [0.5, 0.6) is 0 Å². The monoisotopic (exact) mass is 188 g/mol. The van der Waals surface area contributed by atoms with Crippen molar-refractivity contribution in [3.63, 3.8) is 0 Å². The van der Waals surface area contributed by atoms with Gasteiger partial charge in [0.05, 0.1) is 0 Å². The van der Waals surface area contributed by atoms with Gasteiger partial charge in [0.1, 0.15) is 0 Å². The summed E-state index contributed by atoms with van der Waals surface area (Å²) in [7, 11) is 0. The number of hydrogen-bond acceptors (Lipinski definition) is 1. The minimum atomic E-state index is 0. The van der Waals surface area contributed by atoms with Crippen molar-refractivity contribution in [2.75, 3.05) is 13.2 Å². The number of ether oxygens (including phenoxy) is 1. The van der Waals surface area contributed by atoms with Crippen LogP contribution in [0.25, 0.3) is 0 Å². The van der Waals surface area contributed by atoms with E-state index in [9.17, 15) is 0 Å². The van der Waals surface area contributed by atoms with Gasteiger partial charge in [0, 0.05) is 13.2 Å². The summed E-state index contributed by atoms with van der Waals surface area (Å²) in [5.41, 5.74) is 0. The van der Waals surface area contributed by atoms with Crippen LogP contribution in [0.3, 0.4) is 0 Å². The van der Waals surface area contributed by atoms with Crippen molar-refractivity contribution in [3.8, 4) is 0 Å². The molecule has 1 saturated heterocycles. The van der Waals surface area contributed by atoms with Crippen LogP contribution in [-0.4, -0.2) is 36.3 Å². The van der Waals surface area contributed by atoms with Crippen LogP contribution in [0.15, 0.2) is 0 Å². The fourth-order valence-corrected chi connectivity index (χ4v) is 0.510. The Kier molecular flexibility index (Phi) is 22.2. The normalized spacial score (nSPS) is 14.2. The Balaban J connectivity index is -0.000000101. The fraction of sp³-hybridized carbons (Fsp3) is 0.875. The molecule has 1 rings (SSSR count). The van der Waals surface area contributed by atoms with Crippen molar-refractivity contribution in [2.24, 2.45) is 5.92 Å². The summed E-state index contributed by atoms with van der Waals surface area (Å²) in [6.45, 7) is 9.75. The molecule has 0 N–H and O–H groups in total. The van der Waals surface area contributed by atoms with E-state index >= 15 is 0 Å². The van der Waals surface area contributed by atoms with Gasteiger partial charge in [-0.15, -0.1) is 0 Å². The maximum absolute atomic E-state index is 4.94. The molecule has 0 aliphatic carbocycles. The van der Waals surface area contributed by atoms with Crippen LogP contribution in [0, 0.1) is 12.8 Å². The third-order valence-corrected chi connectivity index (χ3v) is 0.827. The molecule has 1 heterocycles. The molecule has 0 amide bonds. The molecular weight excluding hydrogens is 172 g/mol. The quantitative estimate of drug-likeness (QED) is 0.347. The van der Waals surface area contributed by atoms with Gasteiger partial charge in [-0.05, 0) is 12.8 Å². The van der Waals surface area contributed by atoms with Gasteiger partial charge in [0.15, 0.2) is 0 Å². The van der Waals surface area contributed by atoms with Gasteiger partial charge in [-0.1, -0.05) is 13.8 Å². The largest absolute Gasteiger partial charge is 2.00 e. The van der Waals surface area contributed by atoms with Crippen molar-refractivity contribution in [1.82, 2.24) is 0 Å². The van der Waals surface area contributed by atoms with Crippen molar-refractivity contribution in [1.29, 1.82) is 0 Å². The molecule has 11 heavy (non-hydrogen) atoms. The average molecular weight is 189 g/mol. The Morgan fingerprint density at radius 3 is 1.55 bits per heavy atom. The summed E-state index contributed by atoms with van der Waals surface area (Å²) in [6.07, 6.45) is 2.56. The van der Waals surface area contributed by atoms with Crippen molar-refractivity contribution in [2.45, 2.75) is 26.7 Å². The predicted octanol–water partition coefficient (Wildman–Crippen LogP) is -1.10. The van der Waals surface area contributed by atoms with E-state index in [0.717, 1.165) is 13.2 Å². The smallest absolute Gasteiger partial charge is 1.00 e. The first-order chi connectivity index (χ1) is 4.23. The van der Waals surface area contributed by atoms with Crippen LogP contribution in [0.1, 0.15) is 26.7 Å². The molecule has 0 radical (unpaired) electrons. The minimum absolute atomic E-state index is 0. The maximum atomic E-state index is 4.94. The van der Waals surface area contributed by atoms with Gasteiger partial charge in [-0.2, -0.15) is 5.92 Å². The molecule has 3 heteroatoms. The van der Waals surface area contributed by atoms with E-state index in [2.05, 4.69) is 20.8 Å². The molecule has 1 aliphatic rings. The Morgan fingerprint density at radius 1 is 1.18 bits per heavy atom. The average Bonchev–Trinajstić information content (AvgIpc) is 2.11. The second kappa shape index (κ2) is 13.6. The Labute approximate surface area is 92.8 Å². The molecule has 0 saturated carbocycles. The van der Waals surface area contributed by atoms with Gasteiger partial charge in [-0.3, -0.25) is 0 Å². The van der Waals surface area contributed by atoms with E-state index in [4.69, 9.17) is 4.74 Å². The van der Waals surface area contributed by atoms with Crippen LogP contribution in [0.4, 0.5) is 0 Å². The van der Waals surface area contributed by atoms with Gasteiger partial charge in [0.25, 0.3) is 0 Å². The van der Waals surface area contributed by atoms with Gasteiger partial charge in [-0.25, -0.2) is 0 Å². The number of hydrogen-bond donors (Lipinski definition) is 0. The topological polar surface area (TPSA) is 9.23 Å². The number of rotatable bonds is 0. The molecule has 64 valence electrons. The molecule has 1 fully saturated rings. The van der Waals surface area contributed by atoms with E-state index in [1.807, 2.05) is 0 Å². The summed E-state index contributed by atoms with van der Waals surface area (Å²) in [4.78, 5) is 0. The molecule has 0 spiro atoms. The van der Waals surface area contributed by atoms with Crippen molar-refractivity contribution >= 4 is 23.1 Å². The maximum Gasteiger partial charge on any atom is 2.00 e. The van der Waals surface area contributed by atoms with Crippen molar-refractivity contribution < 1.29 is 17.1 Å². The van der Waals surface area contributed by atoms with Crippen LogP contribution in [0.2, 0.25) is 0 Å². The van der Waals surface area contributed by atoms with Gasteiger partial charge < -0.3 is 24.1 Å². The second-order valence-corrected chi connectivity index (χ2v) is 2.71. The predicted molar refractivity (Wildman–Crippen MR) is 46.0 cm³/mol. The second-order valence-electron chi connectivity index (χ2n) is 2.71. The van der Waals surface area contributed by atoms with E-state index < -0.39 is 0 Å². The number of halogens is 1. The zero-order valence-corrected chi connectivity index (χ0v) is 9.78. The molecule has 0 aromatic heterocycles. The van der Waals surface area contributed by atoms with E-state index in [0.29, 0.717) is 5.92 Å². The molecule has 0 bridgehead atoms. The Bertz CT molecular complexity index is 45.7. The summed E-state index contributed by atoms with van der Waals surface area (Å²) in [5.74, 6) is 0.583. The molecule has 0 atom stereocenters. The summed E-state index contributed by atoms with van der Waals surface area (Å²) in [6, 6.07) is 0. The standard InChI is InChI=1S/C4H8O.C4H9.ClH.Mg/c1-2-4-5-3-1;1-4(2)3;;/h1-4H2;4H,1H2,2-3H3;1H;/q;-1;;+2/p-1. The Morgan fingerprint density at radius 2 is 1.45 bits per heavy atom. The first-order valence-electron chi connectivity index (χ1n) is 3.64. The van der Waals surface area contributed by atoms with Crippen LogP contribution in [-0.2, 0) is 4.74 Å². The molecule has 0 unspecified atom stereocenters. The van der Waals surface area contributed by atoms with Gasteiger partial charge >= 0.3 is 23.1 Å². The van der Waals surface area contributed by atoms with Crippen LogP contribution < -0.4 is 12.4 Å². The zero-order chi connectivity index (χ0) is 7.11. The molecule has 1 aliphatic heterocycles. The summed E-state index contributed by atoms with van der Waals surface area (Å²) in [5, 5.41) is 0. The first kappa shape index (κ1) is 17.9. The van der Waals surface area contributed by atoms with E-state index in [1.165, 1.54) is 12.8 Å². The summed E-state index contributed by atoms with van der Waals surface area (Å²) >= 11 is 0. The first-order valence-corrected chi connectivity index (χ1v) is 3.64. The van der Waals surface area contributed by atoms with E-state index in [1.54, 1.807) is 0 Å². The van der Waals surface area contributed by atoms with Crippen LogP contribution >= 0.6 is 0 Å². The third-order valence-electron chi connectivity index (χ3n) is 0.827. The molecule has 1 nitrogen and oxygen atoms in total. The molecular formula is C8H17ClMgO. The Hall–Kier alpha value is 1.02. The molecule has 0 aromatic rings. The van der Waals surface area contributed by atoms with Crippen molar-refractivity contribution in [3.05, 3.63) is 6.92 Å². The van der Waals surface area contributed by atoms with E-state index in [-0.39, 0.29) is 35.5 Å². The van der Waals surface area contributed by atoms with Gasteiger partial charge in [0.2, 0.25) is 0 Å². The minimum Gasteiger partial charge on any atom is -1.00 e.